The summed E-state index contributed by atoms with van der Waals surface area (Å²) in [5, 5.41) is 0. The van der Waals surface area contributed by atoms with E-state index in [0.717, 1.165) is 0 Å². The lowest BCUT2D eigenvalue weighted by molar-refractivity contribution is -0.167. The van der Waals surface area contributed by atoms with E-state index in [9.17, 15) is 4.79 Å². The Balaban J connectivity index is 1.87. The molecule has 5 nitrogen and oxygen atoms in total. The van der Waals surface area contributed by atoms with E-state index in [1.54, 1.807) is 19.9 Å². The molecule has 0 amide bonds. The van der Waals surface area contributed by atoms with Crippen LogP contribution in [0.4, 0.5) is 0 Å². The van der Waals surface area contributed by atoms with Crippen LogP contribution in [0, 0.1) is 0 Å². The standard InChI is InChI=1S/C13H18O5/c1-11(2)15-8-5-6-13(7-9(8)16-11)10(14)17-12(3,4)18-13/h5-6,8-9H,7H2,1-4H3/t8-,9+,13-/m0/s1. The zero-order valence-electron chi connectivity index (χ0n) is 11.1. The molecular formula is C13H18O5. The summed E-state index contributed by atoms with van der Waals surface area (Å²) in [7, 11) is 0. The molecule has 18 heavy (non-hydrogen) atoms. The Bertz CT molecular complexity index is 425. The van der Waals surface area contributed by atoms with Crippen LogP contribution in [0.2, 0.25) is 0 Å². The van der Waals surface area contributed by atoms with Crippen molar-refractivity contribution >= 4 is 5.97 Å². The number of cyclic esters (lactones) is 1. The molecule has 0 radical (unpaired) electrons. The second-order valence-corrected chi connectivity index (χ2v) is 5.98. The number of ether oxygens (including phenoxy) is 4. The van der Waals surface area contributed by atoms with Gasteiger partial charge in [0.25, 0.3) is 0 Å². The second-order valence-electron chi connectivity index (χ2n) is 5.98. The maximum absolute atomic E-state index is 12.0. The van der Waals surface area contributed by atoms with Crippen molar-refractivity contribution in [1.29, 1.82) is 0 Å². The molecule has 2 saturated heterocycles. The first-order valence-corrected chi connectivity index (χ1v) is 6.20. The SMILES string of the molecule is CC1(C)O[C@H]2C=C[C@@]3(C[C@H]2O1)OC(C)(C)OC3=O. The van der Waals surface area contributed by atoms with Gasteiger partial charge in [-0.05, 0) is 19.9 Å². The Kier molecular flexibility index (Phi) is 2.26. The van der Waals surface area contributed by atoms with Crippen LogP contribution in [0.1, 0.15) is 34.1 Å². The lowest BCUT2D eigenvalue weighted by atomic mass is 9.88. The number of rotatable bonds is 0. The molecule has 2 fully saturated rings. The smallest absolute Gasteiger partial charge is 0.345 e. The van der Waals surface area contributed by atoms with Crippen LogP contribution >= 0.6 is 0 Å². The molecule has 3 atom stereocenters. The third-order valence-corrected chi connectivity index (χ3v) is 3.39. The summed E-state index contributed by atoms with van der Waals surface area (Å²) in [4.78, 5) is 12.0. The van der Waals surface area contributed by atoms with Gasteiger partial charge in [-0.3, -0.25) is 0 Å². The highest BCUT2D eigenvalue weighted by Gasteiger charge is 2.58. The van der Waals surface area contributed by atoms with Gasteiger partial charge in [0.05, 0.1) is 6.10 Å². The van der Waals surface area contributed by atoms with Crippen LogP contribution < -0.4 is 0 Å². The Morgan fingerprint density at radius 3 is 2.50 bits per heavy atom. The summed E-state index contributed by atoms with van der Waals surface area (Å²) >= 11 is 0. The highest BCUT2D eigenvalue weighted by atomic mass is 16.8. The number of carbonyl (C=O) groups is 1. The summed E-state index contributed by atoms with van der Waals surface area (Å²) in [6.45, 7) is 7.19. The summed E-state index contributed by atoms with van der Waals surface area (Å²) in [5.74, 6) is -1.86. The summed E-state index contributed by atoms with van der Waals surface area (Å²) in [5.41, 5.74) is -1.02. The topological polar surface area (TPSA) is 54.0 Å². The third-order valence-electron chi connectivity index (χ3n) is 3.39. The minimum Gasteiger partial charge on any atom is -0.431 e. The highest BCUT2D eigenvalue weighted by Crippen LogP contribution is 2.44. The van der Waals surface area contributed by atoms with Gasteiger partial charge >= 0.3 is 5.97 Å². The van der Waals surface area contributed by atoms with Crippen molar-refractivity contribution in [1.82, 2.24) is 0 Å². The first-order chi connectivity index (χ1) is 8.22. The van der Waals surface area contributed by atoms with Gasteiger partial charge in [-0.1, -0.05) is 6.08 Å². The van der Waals surface area contributed by atoms with Crippen LogP contribution in [-0.2, 0) is 23.7 Å². The molecule has 0 bridgehead atoms. The Labute approximate surface area is 106 Å². The predicted octanol–water partition coefficient (Wildman–Crippen LogP) is 1.51. The van der Waals surface area contributed by atoms with Crippen molar-refractivity contribution in [2.45, 2.75) is 63.5 Å². The van der Waals surface area contributed by atoms with Crippen LogP contribution in [0.5, 0.6) is 0 Å². The highest BCUT2D eigenvalue weighted by molar-refractivity contribution is 5.84. The molecular weight excluding hydrogens is 236 g/mol. The first-order valence-electron chi connectivity index (χ1n) is 6.20. The average molecular weight is 254 g/mol. The zero-order valence-corrected chi connectivity index (χ0v) is 11.1. The Morgan fingerprint density at radius 1 is 1.17 bits per heavy atom. The minimum atomic E-state index is -1.02. The molecule has 3 rings (SSSR count). The van der Waals surface area contributed by atoms with Gasteiger partial charge in [0.15, 0.2) is 11.4 Å². The second kappa shape index (κ2) is 3.35. The maximum atomic E-state index is 12.0. The van der Waals surface area contributed by atoms with Gasteiger partial charge in [0, 0.05) is 20.3 Å². The van der Waals surface area contributed by atoms with E-state index in [2.05, 4.69) is 0 Å². The van der Waals surface area contributed by atoms with Gasteiger partial charge in [-0.25, -0.2) is 4.79 Å². The maximum Gasteiger partial charge on any atom is 0.345 e. The van der Waals surface area contributed by atoms with E-state index in [-0.39, 0.29) is 18.2 Å². The van der Waals surface area contributed by atoms with Crippen molar-refractivity contribution in [2.75, 3.05) is 0 Å². The van der Waals surface area contributed by atoms with Crippen LogP contribution in [0.3, 0.4) is 0 Å². The first kappa shape index (κ1) is 12.1. The molecule has 100 valence electrons. The molecule has 2 aliphatic heterocycles. The van der Waals surface area contributed by atoms with Crippen molar-refractivity contribution < 1.29 is 23.7 Å². The molecule has 0 saturated carbocycles. The summed E-state index contributed by atoms with van der Waals surface area (Å²) in [6, 6.07) is 0. The molecule has 5 heteroatoms. The van der Waals surface area contributed by atoms with Gasteiger partial charge in [-0.2, -0.15) is 0 Å². The lowest BCUT2D eigenvalue weighted by Gasteiger charge is -2.30. The largest absolute Gasteiger partial charge is 0.431 e. The van der Waals surface area contributed by atoms with E-state index in [0.29, 0.717) is 6.42 Å². The van der Waals surface area contributed by atoms with Crippen molar-refractivity contribution in [3.05, 3.63) is 12.2 Å². The number of hydrogen-bond acceptors (Lipinski definition) is 5. The third kappa shape index (κ3) is 1.77. The van der Waals surface area contributed by atoms with Gasteiger partial charge < -0.3 is 18.9 Å². The van der Waals surface area contributed by atoms with E-state index in [1.165, 1.54) is 0 Å². The minimum absolute atomic E-state index is 0.120. The fourth-order valence-corrected chi connectivity index (χ4v) is 2.84. The number of esters is 1. The van der Waals surface area contributed by atoms with Crippen LogP contribution in [-0.4, -0.2) is 35.4 Å². The van der Waals surface area contributed by atoms with Gasteiger partial charge in [0.2, 0.25) is 5.79 Å². The van der Waals surface area contributed by atoms with Crippen molar-refractivity contribution in [2.24, 2.45) is 0 Å². The fourth-order valence-electron chi connectivity index (χ4n) is 2.84. The van der Waals surface area contributed by atoms with E-state index < -0.39 is 17.2 Å². The molecule has 1 aliphatic carbocycles. The van der Waals surface area contributed by atoms with Crippen LogP contribution in [0.15, 0.2) is 12.2 Å². The molecule has 0 unspecified atom stereocenters. The number of carbonyl (C=O) groups excluding carboxylic acids is 1. The fraction of sp³-hybridized carbons (Fsp3) is 0.769. The Morgan fingerprint density at radius 2 is 1.89 bits per heavy atom. The Hall–Kier alpha value is -0.910. The average Bonchev–Trinajstić information content (AvgIpc) is 2.59. The zero-order chi connectivity index (χ0) is 13.2. The summed E-state index contributed by atoms with van der Waals surface area (Å²) < 4.78 is 22.5. The molecule has 3 aliphatic rings. The summed E-state index contributed by atoms with van der Waals surface area (Å²) in [6.07, 6.45) is 3.72. The molecule has 0 aromatic rings. The van der Waals surface area contributed by atoms with Gasteiger partial charge in [-0.15, -0.1) is 0 Å². The molecule has 1 spiro atoms. The molecule has 0 aromatic heterocycles. The van der Waals surface area contributed by atoms with Crippen LogP contribution in [0.25, 0.3) is 0 Å². The molecule has 0 N–H and O–H groups in total. The molecule has 2 heterocycles. The molecule has 0 aromatic carbocycles. The normalized spacial score (nSPS) is 44.1. The van der Waals surface area contributed by atoms with E-state index >= 15 is 0 Å². The van der Waals surface area contributed by atoms with Gasteiger partial charge in [0.1, 0.15) is 6.10 Å². The van der Waals surface area contributed by atoms with E-state index in [1.807, 2.05) is 19.9 Å². The van der Waals surface area contributed by atoms with Crippen molar-refractivity contribution in [3.8, 4) is 0 Å². The number of fused-ring (bicyclic) bond motifs is 1. The van der Waals surface area contributed by atoms with E-state index in [4.69, 9.17) is 18.9 Å². The van der Waals surface area contributed by atoms with Crippen molar-refractivity contribution in [3.63, 3.8) is 0 Å². The number of hydrogen-bond donors (Lipinski definition) is 0. The quantitative estimate of drug-likeness (QED) is 0.484. The lowest BCUT2D eigenvalue weighted by Crippen LogP contribution is -2.44. The monoisotopic (exact) mass is 254 g/mol. The predicted molar refractivity (Wildman–Crippen MR) is 61.6 cm³/mol.